The second-order valence-corrected chi connectivity index (χ2v) is 5.67. The van der Waals surface area contributed by atoms with E-state index in [1.807, 2.05) is 20.8 Å². The molecule has 0 aliphatic carbocycles. The van der Waals surface area contributed by atoms with Crippen molar-refractivity contribution in [1.82, 2.24) is 20.2 Å². The Bertz CT molecular complexity index is 530. The van der Waals surface area contributed by atoms with Crippen molar-refractivity contribution in [2.24, 2.45) is 0 Å². The van der Waals surface area contributed by atoms with Gasteiger partial charge < -0.3 is 10.2 Å². The van der Waals surface area contributed by atoms with Crippen molar-refractivity contribution >= 4 is 11.8 Å². The number of aromatic nitrogens is 2. The normalized spacial score (nSPS) is 18.4. The number of carbonyl (C=O) groups is 2. The first-order valence-corrected chi connectivity index (χ1v) is 7.42. The van der Waals surface area contributed by atoms with Crippen molar-refractivity contribution < 1.29 is 9.59 Å². The molecular weight excluding hydrogens is 268 g/mol. The fourth-order valence-corrected chi connectivity index (χ4v) is 2.39. The molecule has 2 amide bonds. The summed E-state index contributed by atoms with van der Waals surface area (Å²) >= 11 is 0. The van der Waals surface area contributed by atoms with E-state index in [1.54, 1.807) is 17.2 Å². The SMILES string of the molecule is CCCN1CC(NC(=O)c2ccnc(C(C)C)n2)CC1=O. The van der Waals surface area contributed by atoms with E-state index in [-0.39, 0.29) is 23.8 Å². The molecule has 0 bridgehead atoms. The maximum Gasteiger partial charge on any atom is 0.270 e. The third-order valence-corrected chi connectivity index (χ3v) is 3.47. The van der Waals surface area contributed by atoms with Gasteiger partial charge in [-0.2, -0.15) is 0 Å². The Morgan fingerprint density at radius 1 is 1.52 bits per heavy atom. The Labute approximate surface area is 125 Å². The third-order valence-electron chi connectivity index (χ3n) is 3.47. The van der Waals surface area contributed by atoms with Crippen molar-refractivity contribution in [3.63, 3.8) is 0 Å². The molecule has 1 aliphatic heterocycles. The number of hydrogen-bond donors (Lipinski definition) is 1. The van der Waals surface area contributed by atoms with E-state index < -0.39 is 0 Å². The number of rotatable bonds is 5. The van der Waals surface area contributed by atoms with E-state index in [4.69, 9.17) is 0 Å². The van der Waals surface area contributed by atoms with Crippen LogP contribution in [0.1, 0.15) is 55.8 Å². The summed E-state index contributed by atoms with van der Waals surface area (Å²) in [5, 5.41) is 2.89. The Hall–Kier alpha value is -1.98. The monoisotopic (exact) mass is 290 g/mol. The molecule has 1 unspecified atom stereocenters. The molecular formula is C15H22N4O2. The fraction of sp³-hybridized carbons (Fsp3) is 0.600. The number of amides is 2. The highest BCUT2D eigenvalue weighted by Crippen LogP contribution is 2.13. The molecule has 0 radical (unpaired) electrons. The van der Waals surface area contributed by atoms with Gasteiger partial charge in [-0.1, -0.05) is 20.8 Å². The van der Waals surface area contributed by atoms with Crippen molar-refractivity contribution in [3.05, 3.63) is 23.8 Å². The van der Waals surface area contributed by atoms with Gasteiger partial charge in [0, 0.05) is 31.6 Å². The average Bonchev–Trinajstić information content (AvgIpc) is 2.79. The molecule has 1 atom stereocenters. The van der Waals surface area contributed by atoms with Crippen LogP contribution in [-0.4, -0.2) is 45.8 Å². The van der Waals surface area contributed by atoms with Gasteiger partial charge in [0.05, 0.1) is 6.04 Å². The summed E-state index contributed by atoms with van der Waals surface area (Å²) in [6.07, 6.45) is 2.89. The van der Waals surface area contributed by atoms with E-state index in [1.165, 1.54) is 0 Å². The molecule has 1 saturated heterocycles. The van der Waals surface area contributed by atoms with Crippen molar-refractivity contribution in [3.8, 4) is 0 Å². The number of likely N-dealkylation sites (tertiary alicyclic amines) is 1. The smallest absolute Gasteiger partial charge is 0.270 e. The van der Waals surface area contributed by atoms with Crippen LogP contribution in [0, 0.1) is 0 Å². The van der Waals surface area contributed by atoms with Crippen LogP contribution < -0.4 is 5.32 Å². The molecule has 0 saturated carbocycles. The van der Waals surface area contributed by atoms with Crippen molar-refractivity contribution in [2.75, 3.05) is 13.1 Å². The Morgan fingerprint density at radius 3 is 2.95 bits per heavy atom. The molecule has 1 aliphatic rings. The minimum Gasteiger partial charge on any atom is -0.346 e. The highest BCUT2D eigenvalue weighted by atomic mass is 16.2. The van der Waals surface area contributed by atoms with E-state index >= 15 is 0 Å². The van der Waals surface area contributed by atoms with Gasteiger partial charge in [-0.3, -0.25) is 9.59 Å². The topological polar surface area (TPSA) is 75.2 Å². The van der Waals surface area contributed by atoms with Gasteiger partial charge in [0.2, 0.25) is 5.91 Å². The van der Waals surface area contributed by atoms with Crippen molar-refractivity contribution in [2.45, 2.75) is 45.6 Å². The number of carbonyl (C=O) groups excluding carboxylic acids is 2. The van der Waals surface area contributed by atoms with Crippen LogP contribution in [0.3, 0.4) is 0 Å². The van der Waals surface area contributed by atoms with Crippen LogP contribution in [0.5, 0.6) is 0 Å². The van der Waals surface area contributed by atoms with Crippen LogP contribution in [-0.2, 0) is 4.79 Å². The molecule has 21 heavy (non-hydrogen) atoms. The van der Waals surface area contributed by atoms with Gasteiger partial charge in [0.15, 0.2) is 0 Å². The van der Waals surface area contributed by atoms with Crippen LogP contribution in [0.25, 0.3) is 0 Å². The van der Waals surface area contributed by atoms with E-state index in [2.05, 4.69) is 15.3 Å². The highest BCUT2D eigenvalue weighted by molar-refractivity contribution is 5.93. The lowest BCUT2D eigenvalue weighted by Crippen LogP contribution is -2.37. The summed E-state index contributed by atoms with van der Waals surface area (Å²) in [7, 11) is 0. The zero-order valence-electron chi connectivity index (χ0n) is 12.8. The number of nitrogens with one attached hydrogen (secondary N) is 1. The maximum atomic E-state index is 12.2. The van der Waals surface area contributed by atoms with Crippen LogP contribution in [0.4, 0.5) is 0 Å². The van der Waals surface area contributed by atoms with E-state index in [9.17, 15) is 9.59 Å². The van der Waals surface area contributed by atoms with Crippen LogP contribution in [0.15, 0.2) is 12.3 Å². The van der Waals surface area contributed by atoms with Crippen molar-refractivity contribution in [1.29, 1.82) is 0 Å². The largest absolute Gasteiger partial charge is 0.346 e. The van der Waals surface area contributed by atoms with Gasteiger partial charge in [-0.15, -0.1) is 0 Å². The Morgan fingerprint density at radius 2 is 2.29 bits per heavy atom. The molecule has 0 spiro atoms. The summed E-state index contributed by atoms with van der Waals surface area (Å²) in [4.78, 5) is 34.2. The van der Waals surface area contributed by atoms with E-state index in [0.717, 1.165) is 13.0 Å². The molecule has 6 nitrogen and oxygen atoms in total. The zero-order chi connectivity index (χ0) is 15.4. The minimum atomic E-state index is -0.240. The number of hydrogen-bond acceptors (Lipinski definition) is 4. The first-order valence-electron chi connectivity index (χ1n) is 7.42. The van der Waals surface area contributed by atoms with E-state index in [0.29, 0.717) is 24.5 Å². The fourth-order valence-electron chi connectivity index (χ4n) is 2.39. The van der Waals surface area contributed by atoms with Gasteiger partial charge in [0.25, 0.3) is 5.91 Å². The highest BCUT2D eigenvalue weighted by Gasteiger charge is 2.30. The lowest BCUT2D eigenvalue weighted by atomic mass is 10.2. The molecule has 1 fully saturated rings. The second kappa shape index (κ2) is 6.65. The molecule has 114 valence electrons. The standard InChI is InChI=1S/C15H22N4O2/c1-4-7-19-9-11(8-13(19)20)17-15(21)12-5-6-16-14(18-12)10(2)3/h5-6,10-11H,4,7-9H2,1-3H3,(H,17,21). The average molecular weight is 290 g/mol. The third kappa shape index (κ3) is 3.77. The van der Waals surface area contributed by atoms with Crippen LogP contribution in [0.2, 0.25) is 0 Å². The Balaban J connectivity index is 1.99. The molecule has 1 aromatic heterocycles. The molecule has 2 rings (SSSR count). The van der Waals surface area contributed by atoms with Gasteiger partial charge >= 0.3 is 0 Å². The van der Waals surface area contributed by atoms with Gasteiger partial charge in [0.1, 0.15) is 11.5 Å². The summed E-state index contributed by atoms with van der Waals surface area (Å²) < 4.78 is 0. The minimum absolute atomic E-state index is 0.104. The predicted molar refractivity (Wildman–Crippen MR) is 78.9 cm³/mol. The molecule has 0 aromatic carbocycles. The zero-order valence-corrected chi connectivity index (χ0v) is 12.8. The summed E-state index contributed by atoms with van der Waals surface area (Å²) in [5.41, 5.74) is 0.357. The molecule has 1 N–H and O–H groups in total. The summed E-state index contributed by atoms with van der Waals surface area (Å²) in [5.74, 6) is 0.687. The quantitative estimate of drug-likeness (QED) is 0.888. The van der Waals surface area contributed by atoms with Gasteiger partial charge in [-0.25, -0.2) is 9.97 Å². The maximum absolute atomic E-state index is 12.2. The molecule has 6 heteroatoms. The Kier molecular flexibility index (Phi) is 4.88. The predicted octanol–water partition coefficient (Wildman–Crippen LogP) is 1.34. The lowest BCUT2D eigenvalue weighted by Gasteiger charge is -2.16. The molecule has 1 aromatic rings. The first-order chi connectivity index (χ1) is 10.0. The molecule has 2 heterocycles. The lowest BCUT2D eigenvalue weighted by molar-refractivity contribution is -0.127. The second-order valence-electron chi connectivity index (χ2n) is 5.67. The van der Waals surface area contributed by atoms with Crippen LogP contribution >= 0.6 is 0 Å². The number of nitrogens with zero attached hydrogens (tertiary/aromatic N) is 3. The van der Waals surface area contributed by atoms with Gasteiger partial charge in [-0.05, 0) is 12.5 Å². The summed E-state index contributed by atoms with van der Waals surface area (Å²) in [6, 6.07) is 1.47. The first kappa shape index (κ1) is 15.4. The summed E-state index contributed by atoms with van der Waals surface area (Å²) in [6.45, 7) is 7.33.